The zero-order valence-corrected chi connectivity index (χ0v) is 27.7. The molecule has 12 nitrogen and oxygen atoms in total. The number of benzene rings is 2. The van der Waals surface area contributed by atoms with Crippen LogP contribution in [0.1, 0.15) is 68.2 Å². The van der Waals surface area contributed by atoms with Crippen LogP contribution in [0.4, 0.5) is 5.82 Å². The zero-order valence-electron chi connectivity index (χ0n) is 27.7. The number of aromatic nitrogens is 1. The average Bonchev–Trinajstić information content (AvgIpc) is 3.05. The molecule has 0 spiro atoms. The largest absolute Gasteiger partial charge is 0.504 e. The third-order valence-electron chi connectivity index (χ3n) is 9.64. The number of hydrogen-bond donors (Lipinski definition) is 6. The number of ether oxygens (including phenoxy) is 4. The fraction of sp³-hybridized carbons (Fsp3) is 0.500. The van der Waals surface area contributed by atoms with Crippen molar-refractivity contribution in [2.75, 3.05) is 26.6 Å². The fourth-order valence-corrected chi connectivity index (χ4v) is 7.13. The Morgan fingerprint density at radius 2 is 1.83 bits per heavy atom. The number of nitrogens with two attached hydrogens (primary N) is 1. The summed E-state index contributed by atoms with van der Waals surface area (Å²) < 4.78 is 23.5. The Balaban J connectivity index is 1.35. The molecule has 0 unspecified atom stereocenters. The van der Waals surface area contributed by atoms with E-state index in [0.29, 0.717) is 55.7 Å². The van der Waals surface area contributed by atoms with Crippen LogP contribution in [-0.4, -0.2) is 76.5 Å². The summed E-state index contributed by atoms with van der Waals surface area (Å²) in [6, 6.07) is 12.0. The molecule has 3 heterocycles. The van der Waals surface area contributed by atoms with Crippen LogP contribution >= 0.6 is 0 Å². The van der Waals surface area contributed by atoms with Crippen LogP contribution < -0.4 is 25.3 Å². The molecule has 260 valence electrons. The molecule has 0 bridgehead atoms. The van der Waals surface area contributed by atoms with Crippen LogP contribution in [0.25, 0.3) is 0 Å². The lowest BCUT2D eigenvalue weighted by Gasteiger charge is -2.46. The van der Waals surface area contributed by atoms with Crippen molar-refractivity contribution in [3.63, 3.8) is 0 Å². The van der Waals surface area contributed by atoms with E-state index in [1.807, 2.05) is 12.1 Å². The number of carboxylic acid groups (broad SMARTS) is 1. The van der Waals surface area contributed by atoms with Crippen molar-refractivity contribution in [3.05, 3.63) is 65.4 Å². The molecule has 2 saturated heterocycles. The third-order valence-corrected chi connectivity index (χ3v) is 9.64. The molecule has 0 saturated carbocycles. The van der Waals surface area contributed by atoms with Crippen LogP contribution in [-0.2, 0) is 22.4 Å². The number of piperidine rings is 1. The van der Waals surface area contributed by atoms with E-state index < -0.39 is 23.6 Å². The maximum absolute atomic E-state index is 12.2. The van der Waals surface area contributed by atoms with Crippen LogP contribution in [0.15, 0.2) is 48.7 Å². The topological polar surface area (TPSA) is 186 Å². The van der Waals surface area contributed by atoms with Gasteiger partial charge in [-0.1, -0.05) is 6.07 Å². The number of aromatic hydroxyl groups is 2. The first-order valence-corrected chi connectivity index (χ1v) is 16.4. The normalized spacial score (nSPS) is 25.7. The first kappa shape index (κ1) is 35.1. The first-order chi connectivity index (χ1) is 23.0. The van der Waals surface area contributed by atoms with Gasteiger partial charge in [-0.3, -0.25) is 4.79 Å². The van der Waals surface area contributed by atoms with Crippen LogP contribution in [0, 0.1) is 5.41 Å². The van der Waals surface area contributed by atoms with Gasteiger partial charge in [-0.15, -0.1) is 0 Å². The number of carboxylic acids is 1. The number of hydrogen-bond acceptors (Lipinski definition) is 11. The molecule has 48 heavy (non-hydrogen) atoms. The average molecular weight is 666 g/mol. The minimum Gasteiger partial charge on any atom is -0.504 e. The van der Waals surface area contributed by atoms with E-state index in [2.05, 4.69) is 17.2 Å². The summed E-state index contributed by atoms with van der Waals surface area (Å²) in [5.74, 6) is 0.145. The Kier molecular flexibility index (Phi) is 11.2. The van der Waals surface area contributed by atoms with Crippen LogP contribution in [0.3, 0.4) is 0 Å². The van der Waals surface area contributed by atoms with Gasteiger partial charge in [0.1, 0.15) is 12.4 Å². The molecule has 2 aliphatic rings. The number of aliphatic hydroxyl groups is 1. The van der Waals surface area contributed by atoms with Crippen LogP contribution in [0.2, 0.25) is 0 Å². The number of rotatable bonds is 13. The number of carbonyl (C=O) groups is 1. The lowest BCUT2D eigenvalue weighted by molar-refractivity contribution is -0.141. The minimum atomic E-state index is -0.906. The van der Waals surface area contributed by atoms with Gasteiger partial charge >= 0.3 is 5.97 Å². The number of aryl methyl sites for hydroxylation is 1. The molecule has 2 aliphatic heterocycles. The SMILES string of the molecule is COc1cc(CC[C@H]2C[C@H](O)C[C@@H](c3cc(OC)c(O)c(OC[C@H]4N[C@H](C)CC[C@]4(CC(=O)O)Cc4ccnc(N)c4)c3)O2)ccc1O. The molecule has 0 aliphatic carbocycles. The Morgan fingerprint density at radius 1 is 1.06 bits per heavy atom. The van der Waals surface area contributed by atoms with Crippen molar-refractivity contribution >= 4 is 11.8 Å². The van der Waals surface area contributed by atoms with E-state index in [0.717, 1.165) is 17.5 Å². The Hall–Kier alpha value is -4.26. The van der Waals surface area contributed by atoms with E-state index >= 15 is 0 Å². The maximum Gasteiger partial charge on any atom is 0.303 e. The summed E-state index contributed by atoms with van der Waals surface area (Å²) >= 11 is 0. The second-order valence-electron chi connectivity index (χ2n) is 13.2. The zero-order chi connectivity index (χ0) is 34.4. The standard InChI is InChI=1S/C36H47N3O9/c1-21-8-10-36(19-34(42)43,18-23-9-11-38-33(37)13-23)32(39-21)20-47-31-15-24(14-30(46-3)35(31)44)28-17-25(40)16-26(48-28)6-4-22-5-7-27(41)29(12-22)45-2/h5,7,9,11-15,21,25-26,28,32,39-41,44H,4,6,8,10,16-20H2,1-3H3,(H2,37,38)(H,42,43)/t21-,25+,26+,28+,32-,36-/m1/s1. The molecule has 1 aromatic heterocycles. The maximum atomic E-state index is 12.2. The van der Waals surface area contributed by atoms with E-state index in [4.69, 9.17) is 24.7 Å². The van der Waals surface area contributed by atoms with Gasteiger partial charge in [0, 0.05) is 30.1 Å². The van der Waals surface area contributed by atoms with Gasteiger partial charge in [-0.2, -0.15) is 0 Å². The molecule has 12 heteroatoms. The molecule has 2 fully saturated rings. The summed E-state index contributed by atoms with van der Waals surface area (Å²) in [5, 5.41) is 45.4. The van der Waals surface area contributed by atoms with Crippen molar-refractivity contribution in [3.8, 4) is 28.7 Å². The van der Waals surface area contributed by atoms with Gasteiger partial charge < -0.3 is 50.4 Å². The number of phenolic OH excluding ortho intramolecular Hbond substituents is 2. The predicted octanol–water partition coefficient (Wildman–Crippen LogP) is 4.53. The summed E-state index contributed by atoms with van der Waals surface area (Å²) in [5.41, 5.74) is 7.82. The van der Waals surface area contributed by atoms with Gasteiger partial charge in [0.15, 0.2) is 23.0 Å². The van der Waals surface area contributed by atoms with Crippen molar-refractivity contribution in [1.82, 2.24) is 10.3 Å². The second kappa shape index (κ2) is 15.3. The van der Waals surface area contributed by atoms with Crippen molar-refractivity contribution in [1.29, 1.82) is 0 Å². The van der Waals surface area contributed by atoms with Crippen molar-refractivity contribution in [2.45, 2.75) is 88.7 Å². The predicted molar refractivity (Wildman–Crippen MR) is 179 cm³/mol. The van der Waals surface area contributed by atoms with Gasteiger partial charge in [-0.05, 0) is 98.5 Å². The fourth-order valence-electron chi connectivity index (χ4n) is 7.13. The highest BCUT2D eigenvalue weighted by atomic mass is 16.5. The van der Waals surface area contributed by atoms with Crippen molar-refractivity contribution in [2.24, 2.45) is 5.41 Å². The smallest absolute Gasteiger partial charge is 0.303 e. The highest BCUT2D eigenvalue weighted by Crippen LogP contribution is 2.45. The number of methoxy groups -OCH3 is 2. The van der Waals surface area contributed by atoms with E-state index in [-0.39, 0.29) is 54.2 Å². The lowest BCUT2D eigenvalue weighted by atomic mass is 9.67. The first-order valence-electron chi connectivity index (χ1n) is 16.4. The molecule has 5 rings (SSSR count). The number of nitrogens with zero attached hydrogens (tertiary/aromatic N) is 1. The molecule has 3 aromatic rings. The van der Waals surface area contributed by atoms with Gasteiger partial charge in [0.25, 0.3) is 0 Å². The lowest BCUT2D eigenvalue weighted by Crippen LogP contribution is -2.57. The van der Waals surface area contributed by atoms with E-state index in [1.54, 1.807) is 36.5 Å². The summed E-state index contributed by atoms with van der Waals surface area (Å²) in [6.45, 7) is 2.15. The minimum absolute atomic E-state index is 0.0743. The van der Waals surface area contributed by atoms with Gasteiger partial charge in [-0.25, -0.2) is 4.98 Å². The number of aliphatic carboxylic acids is 1. The van der Waals surface area contributed by atoms with Gasteiger partial charge in [0.05, 0.1) is 39.0 Å². The molecule has 0 radical (unpaired) electrons. The number of nitrogens with one attached hydrogen (secondary N) is 1. The summed E-state index contributed by atoms with van der Waals surface area (Å²) in [6.07, 6.45) is 4.26. The van der Waals surface area contributed by atoms with Gasteiger partial charge in [0.2, 0.25) is 5.75 Å². The summed E-state index contributed by atoms with van der Waals surface area (Å²) in [7, 11) is 2.96. The highest BCUT2D eigenvalue weighted by molar-refractivity contribution is 5.68. The molecular formula is C36H47N3O9. The quantitative estimate of drug-likeness (QED) is 0.150. The Bertz CT molecular complexity index is 1570. The molecular weight excluding hydrogens is 618 g/mol. The molecule has 7 N–H and O–H groups in total. The van der Waals surface area contributed by atoms with E-state index in [1.165, 1.54) is 14.2 Å². The molecule has 6 atom stereocenters. The number of aliphatic hydroxyl groups excluding tert-OH is 1. The number of anilines is 1. The second-order valence-corrected chi connectivity index (χ2v) is 13.2. The molecule has 2 aromatic carbocycles. The van der Waals surface area contributed by atoms with E-state index in [9.17, 15) is 25.2 Å². The Morgan fingerprint density at radius 3 is 2.56 bits per heavy atom. The highest BCUT2D eigenvalue weighted by Gasteiger charge is 2.45. The summed E-state index contributed by atoms with van der Waals surface area (Å²) in [4.78, 5) is 16.3. The monoisotopic (exact) mass is 665 g/mol. The third kappa shape index (κ3) is 8.41. The number of phenols is 2. The van der Waals surface area contributed by atoms with Crippen LogP contribution in [0.5, 0.6) is 28.7 Å². The molecule has 0 amide bonds. The number of pyridine rings is 1. The Labute approximate surface area is 280 Å². The number of nitrogen functional groups attached to an aromatic ring is 1. The van der Waals surface area contributed by atoms with Crippen molar-refractivity contribution < 1.29 is 44.2 Å².